The van der Waals surface area contributed by atoms with E-state index in [9.17, 15) is 0 Å². The minimum absolute atomic E-state index is 0.657. The van der Waals surface area contributed by atoms with Gasteiger partial charge in [0.1, 0.15) is 0 Å². The smallest absolute Gasteiger partial charge is 0.199 e. The van der Waals surface area contributed by atoms with Gasteiger partial charge in [-0.2, -0.15) is 0 Å². The maximum Gasteiger partial charge on any atom is 0.199 e. The standard InChI is InChI=1S/C7H16N4S/c1-8-6(10(2)3)9-7(12)11(4)5/h1-5H3,(H,8,9,12). The topological polar surface area (TPSA) is 30.9 Å². The minimum Gasteiger partial charge on any atom is -0.355 e. The molecule has 0 fully saturated rings. The van der Waals surface area contributed by atoms with Crippen molar-refractivity contribution in [3.8, 4) is 0 Å². The Labute approximate surface area is 79.3 Å². The molecule has 0 aliphatic carbocycles. The molecule has 0 aliphatic rings. The van der Waals surface area contributed by atoms with Crippen molar-refractivity contribution in [3.63, 3.8) is 0 Å². The number of thiocarbonyl (C=S) groups is 1. The fraction of sp³-hybridized carbons (Fsp3) is 0.714. The van der Waals surface area contributed by atoms with Crippen LogP contribution < -0.4 is 5.32 Å². The molecule has 4 nitrogen and oxygen atoms in total. The van der Waals surface area contributed by atoms with Crippen molar-refractivity contribution >= 4 is 23.3 Å². The summed E-state index contributed by atoms with van der Waals surface area (Å²) in [6, 6.07) is 0. The first-order chi connectivity index (χ1) is 5.49. The van der Waals surface area contributed by atoms with Crippen LogP contribution in [0.5, 0.6) is 0 Å². The molecule has 0 atom stereocenters. The Balaban J connectivity index is 4.15. The summed E-state index contributed by atoms with van der Waals surface area (Å²) in [5, 5.41) is 3.66. The molecule has 70 valence electrons. The van der Waals surface area contributed by atoms with Crippen molar-refractivity contribution in [3.05, 3.63) is 0 Å². The van der Waals surface area contributed by atoms with E-state index in [1.54, 1.807) is 7.05 Å². The first-order valence-electron chi connectivity index (χ1n) is 3.61. The molecule has 0 rings (SSSR count). The molecule has 0 aromatic rings. The normalized spacial score (nSPS) is 10.9. The minimum atomic E-state index is 0.657. The maximum atomic E-state index is 5.05. The predicted octanol–water partition coefficient (Wildman–Crippen LogP) is -0.0301. The predicted molar refractivity (Wildman–Crippen MR) is 56.5 cm³/mol. The fourth-order valence-corrected chi connectivity index (χ4v) is 0.666. The highest BCUT2D eigenvalue weighted by molar-refractivity contribution is 7.80. The van der Waals surface area contributed by atoms with Crippen LogP contribution in [0.25, 0.3) is 0 Å². The van der Waals surface area contributed by atoms with Gasteiger partial charge in [-0.1, -0.05) is 0 Å². The van der Waals surface area contributed by atoms with E-state index in [0.717, 1.165) is 5.96 Å². The van der Waals surface area contributed by atoms with Gasteiger partial charge < -0.3 is 15.1 Å². The van der Waals surface area contributed by atoms with Crippen molar-refractivity contribution in [1.82, 2.24) is 15.1 Å². The van der Waals surface area contributed by atoms with Crippen LogP contribution in [0.2, 0.25) is 0 Å². The Bertz CT molecular complexity index is 186. The SMILES string of the molecule is CN=C(NC(=S)N(C)C)N(C)C. The van der Waals surface area contributed by atoms with Crippen LogP contribution in [0, 0.1) is 0 Å². The highest BCUT2D eigenvalue weighted by Crippen LogP contribution is 1.83. The Hall–Kier alpha value is -0.840. The maximum absolute atomic E-state index is 5.05. The fourth-order valence-electron chi connectivity index (χ4n) is 0.575. The van der Waals surface area contributed by atoms with Gasteiger partial charge in [-0.3, -0.25) is 4.99 Å². The summed E-state index contributed by atoms with van der Waals surface area (Å²) >= 11 is 5.05. The third-order valence-electron chi connectivity index (χ3n) is 1.26. The van der Waals surface area contributed by atoms with Crippen molar-refractivity contribution in [2.75, 3.05) is 35.2 Å². The van der Waals surface area contributed by atoms with Crippen molar-refractivity contribution in [2.45, 2.75) is 0 Å². The lowest BCUT2D eigenvalue weighted by atomic mass is 10.7. The number of aliphatic imine (C=N–C) groups is 1. The number of nitrogens with one attached hydrogen (secondary N) is 1. The van der Waals surface area contributed by atoms with E-state index in [4.69, 9.17) is 12.2 Å². The first kappa shape index (κ1) is 11.2. The van der Waals surface area contributed by atoms with Gasteiger partial charge >= 0.3 is 0 Å². The molecule has 0 saturated heterocycles. The number of rotatable bonds is 0. The zero-order valence-electron chi connectivity index (χ0n) is 8.25. The monoisotopic (exact) mass is 188 g/mol. The summed E-state index contributed by atoms with van der Waals surface area (Å²) in [6.45, 7) is 0. The lowest BCUT2D eigenvalue weighted by Crippen LogP contribution is -2.44. The van der Waals surface area contributed by atoms with Crippen LogP contribution in [-0.4, -0.2) is 56.1 Å². The number of hydrogen-bond donors (Lipinski definition) is 1. The Kier molecular flexibility index (Phi) is 4.58. The molecule has 0 aromatic carbocycles. The van der Waals surface area contributed by atoms with E-state index < -0.39 is 0 Å². The Morgan fingerprint density at radius 1 is 1.17 bits per heavy atom. The number of nitrogens with zero attached hydrogens (tertiary/aromatic N) is 3. The van der Waals surface area contributed by atoms with Crippen LogP contribution in [-0.2, 0) is 0 Å². The van der Waals surface area contributed by atoms with Gasteiger partial charge in [0, 0.05) is 35.2 Å². The Morgan fingerprint density at radius 2 is 1.67 bits per heavy atom. The van der Waals surface area contributed by atoms with Gasteiger partial charge in [0.25, 0.3) is 0 Å². The average Bonchev–Trinajstić information content (AvgIpc) is 1.98. The molecule has 12 heavy (non-hydrogen) atoms. The molecule has 1 N–H and O–H groups in total. The van der Waals surface area contributed by atoms with Gasteiger partial charge in [0.15, 0.2) is 11.1 Å². The van der Waals surface area contributed by atoms with Crippen molar-refractivity contribution in [2.24, 2.45) is 4.99 Å². The highest BCUT2D eigenvalue weighted by atomic mass is 32.1. The Morgan fingerprint density at radius 3 is 1.92 bits per heavy atom. The summed E-state index contributed by atoms with van der Waals surface area (Å²) in [7, 11) is 9.32. The van der Waals surface area contributed by atoms with Gasteiger partial charge in [-0.15, -0.1) is 0 Å². The highest BCUT2D eigenvalue weighted by Gasteiger charge is 2.03. The molecule has 0 amide bonds. The van der Waals surface area contributed by atoms with Crippen LogP contribution in [0.4, 0.5) is 0 Å². The second-order valence-electron chi connectivity index (χ2n) is 2.77. The summed E-state index contributed by atoms with van der Waals surface area (Å²) in [5.74, 6) is 0.758. The van der Waals surface area contributed by atoms with Crippen LogP contribution in [0.15, 0.2) is 4.99 Å². The van der Waals surface area contributed by atoms with Crippen LogP contribution >= 0.6 is 12.2 Å². The summed E-state index contributed by atoms with van der Waals surface area (Å²) in [5.41, 5.74) is 0. The molecule has 0 aromatic heterocycles. The lowest BCUT2D eigenvalue weighted by molar-refractivity contribution is 0.580. The largest absolute Gasteiger partial charge is 0.355 e. The summed E-state index contributed by atoms with van der Waals surface area (Å²) < 4.78 is 0. The van der Waals surface area contributed by atoms with Gasteiger partial charge in [-0.05, 0) is 12.2 Å². The molecular formula is C7H16N4S. The zero-order chi connectivity index (χ0) is 9.72. The van der Waals surface area contributed by atoms with E-state index in [1.807, 2.05) is 38.0 Å². The summed E-state index contributed by atoms with van der Waals surface area (Å²) in [4.78, 5) is 7.72. The van der Waals surface area contributed by atoms with Crippen LogP contribution in [0.3, 0.4) is 0 Å². The molecule has 0 saturated carbocycles. The quantitative estimate of drug-likeness (QED) is 0.328. The molecular weight excluding hydrogens is 172 g/mol. The van der Waals surface area contributed by atoms with Crippen LogP contribution in [0.1, 0.15) is 0 Å². The number of guanidine groups is 1. The number of hydrogen-bond acceptors (Lipinski definition) is 2. The molecule has 5 heteroatoms. The van der Waals surface area contributed by atoms with Gasteiger partial charge in [0.05, 0.1) is 0 Å². The van der Waals surface area contributed by atoms with E-state index >= 15 is 0 Å². The molecule has 0 bridgehead atoms. The van der Waals surface area contributed by atoms with E-state index in [2.05, 4.69) is 10.3 Å². The second-order valence-corrected chi connectivity index (χ2v) is 3.15. The lowest BCUT2D eigenvalue weighted by Gasteiger charge is -2.20. The van der Waals surface area contributed by atoms with Crippen molar-refractivity contribution < 1.29 is 0 Å². The van der Waals surface area contributed by atoms with E-state index in [0.29, 0.717) is 5.11 Å². The first-order valence-corrected chi connectivity index (χ1v) is 4.02. The average molecular weight is 188 g/mol. The van der Waals surface area contributed by atoms with Crippen molar-refractivity contribution in [1.29, 1.82) is 0 Å². The molecule has 0 aliphatic heterocycles. The zero-order valence-corrected chi connectivity index (χ0v) is 9.07. The molecule has 0 heterocycles. The van der Waals surface area contributed by atoms with E-state index in [-0.39, 0.29) is 0 Å². The van der Waals surface area contributed by atoms with E-state index in [1.165, 1.54) is 0 Å². The third kappa shape index (κ3) is 3.52. The molecule has 0 spiro atoms. The van der Waals surface area contributed by atoms with Gasteiger partial charge in [0.2, 0.25) is 0 Å². The van der Waals surface area contributed by atoms with Gasteiger partial charge in [-0.25, -0.2) is 0 Å². The second kappa shape index (κ2) is 4.92. The summed E-state index contributed by atoms with van der Waals surface area (Å²) in [6.07, 6.45) is 0. The molecule has 0 unspecified atom stereocenters. The molecule has 0 radical (unpaired) electrons. The third-order valence-corrected chi connectivity index (χ3v) is 1.73.